The highest BCUT2D eigenvalue weighted by atomic mass is 35.5. The van der Waals surface area contributed by atoms with Gasteiger partial charge < -0.3 is 9.47 Å². The van der Waals surface area contributed by atoms with Gasteiger partial charge >= 0.3 is 0 Å². The molecule has 2 aromatic rings. The fourth-order valence-corrected chi connectivity index (χ4v) is 2.51. The van der Waals surface area contributed by atoms with E-state index in [-0.39, 0.29) is 12.5 Å². The molecule has 134 valence electrons. The molecule has 5 nitrogen and oxygen atoms in total. The van der Waals surface area contributed by atoms with E-state index in [1.807, 2.05) is 26.0 Å². The Morgan fingerprint density at radius 3 is 2.81 bits per heavy atom. The molecule has 0 saturated heterocycles. The van der Waals surface area contributed by atoms with Gasteiger partial charge in [0.15, 0.2) is 11.5 Å². The maximum atomic E-state index is 12.2. The van der Waals surface area contributed by atoms with Crippen LogP contribution in [0.25, 0.3) is 0 Å². The molecule has 2 rings (SSSR count). The fourth-order valence-electron chi connectivity index (χ4n) is 2.23. The van der Waals surface area contributed by atoms with Gasteiger partial charge in [-0.15, -0.1) is 6.42 Å². The maximum absolute atomic E-state index is 12.2. The third-order valence-electron chi connectivity index (χ3n) is 3.40. The summed E-state index contributed by atoms with van der Waals surface area (Å²) >= 11 is 6.24. The van der Waals surface area contributed by atoms with Crippen molar-refractivity contribution >= 4 is 23.7 Å². The van der Waals surface area contributed by atoms with Gasteiger partial charge in [-0.1, -0.05) is 35.7 Å². The van der Waals surface area contributed by atoms with Crippen molar-refractivity contribution in [1.82, 2.24) is 5.43 Å². The van der Waals surface area contributed by atoms with Crippen LogP contribution in [0, 0.1) is 19.3 Å². The van der Waals surface area contributed by atoms with E-state index >= 15 is 0 Å². The Morgan fingerprint density at radius 2 is 2.12 bits per heavy atom. The average Bonchev–Trinajstić information content (AvgIpc) is 2.61. The highest BCUT2D eigenvalue weighted by Gasteiger charge is 2.12. The first-order valence-corrected chi connectivity index (χ1v) is 8.36. The summed E-state index contributed by atoms with van der Waals surface area (Å²) in [7, 11) is 0. The van der Waals surface area contributed by atoms with E-state index in [0.29, 0.717) is 34.3 Å². The van der Waals surface area contributed by atoms with Crippen molar-refractivity contribution in [3.63, 3.8) is 0 Å². The number of nitrogens with one attached hydrogen (secondary N) is 1. The smallest absolute Gasteiger partial charge is 0.271 e. The Labute approximate surface area is 158 Å². The minimum absolute atomic E-state index is 0.0830. The Bertz CT molecular complexity index is 857. The zero-order valence-electron chi connectivity index (χ0n) is 14.6. The summed E-state index contributed by atoms with van der Waals surface area (Å²) < 4.78 is 11.0. The van der Waals surface area contributed by atoms with Crippen LogP contribution in [0.5, 0.6) is 11.5 Å². The Kier molecular flexibility index (Phi) is 7.07. The quantitative estimate of drug-likeness (QED) is 0.458. The number of aryl methyl sites for hydroxylation is 1. The molecule has 0 aliphatic heterocycles. The molecule has 6 heteroatoms. The monoisotopic (exact) mass is 370 g/mol. The molecule has 0 bridgehead atoms. The Hall–Kier alpha value is -2.97. The zero-order valence-corrected chi connectivity index (χ0v) is 15.3. The van der Waals surface area contributed by atoms with E-state index in [4.69, 9.17) is 27.5 Å². The van der Waals surface area contributed by atoms with Crippen molar-refractivity contribution in [3.8, 4) is 23.8 Å². The summed E-state index contributed by atoms with van der Waals surface area (Å²) in [6.07, 6.45) is 6.69. The molecular weight excluding hydrogens is 352 g/mol. The van der Waals surface area contributed by atoms with E-state index in [1.165, 1.54) is 6.21 Å². The lowest BCUT2D eigenvalue weighted by Crippen LogP contribution is -2.18. The number of hydrogen-bond donors (Lipinski definition) is 1. The number of carbonyl (C=O) groups is 1. The molecule has 0 atom stereocenters. The molecule has 0 heterocycles. The van der Waals surface area contributed by atoms with E-state index in [2.05, 4.69) is 16.4 Å². The largest absolute Gasteiger partial charge is 0.490 e. The van der Waals surface area contributed by atoms with Crippen LogP contribution in [0.15, 0.2) is 41.5 Å². The van der Waals surface area contributed by atoms with E-state index in [9.17, 15) is 4.79 Å². The third kappa shape index (κ3) is 5.01. The van der Waals surface area contributed by atoms with Crippen LogP contribution in [0.1, 0.15) is 28.4 Å². The van der Waals surface area contributed by atoms with Crippen LogP contribution in [0.2, 0.25) is 5.02 Å². The summed E-state index contributed by atoms with van der Waals surface area (Å²) in [6.45, 7) is 4.23. The van der Waals surface area contributed by atoms with Gasteiger partial charge in [-0.2, -0.15) is 5.10 Å². The second-order valence-electron chi connectivity index (χ2n) is 5.27. The molecule has 0 aromatic heterocycles. The standard InChI is InChI=1S/C20H19ClN2O3/c1-4-10-26-19-17(21)11-15(12-18(19)25-5-2)13-22-23-20(24)16-9-7-6-8-14(16)3/h1,6-9,11-13H,5,10H2,2-3H3,(H,23,24)/b22-13+. The van der Waals surface area contributed by atoms with Gasteiger partial charge in [-0.25, -0.2) is 5.43 Å². The minimum atomic E-state index is -0.288. The summed E-state index contributed by atoms with van der Waals surface area (Å²) in [4.78, 5) is 12.2. The molecule has 0 spiro atoms. The number of ether oxygens (including phenoxy) is 2. The SMILES string of the molecule is C#CCOc1c(Cl)cc(/C=N/NC(=O)c2ccccc2C)cc1OCC. The molecule has 0 saturated carbocycles. The number of hydrogen-bond acceptors (Lipinski definition) is 4. The molecule has 1 N–H and O–H groups in total. The number of hydrazone groups is 1. The fraction of sp³-hybridized carbons (Fsp3) is 0.200. The van der Waals surface area contributed by atoms with Crippen molar-refractivity contribution < 1.29 is 14.3 Å². The summed E-state index contributed by atoms with van der Waals surface area (Å²) in [5.74, 6) is 2.94. The second-order valence-corrected chi connectivity index (χ2v) is 5.68. The Balaban J connectivity index is 2.16. The topological polar surface area (TPSA) is 59.9 Å². The lowest BCUT2D eigenvalue weighted by molar-refractivity contribution is 0.0954. The van der Waals surface area contributed by atoms with Crippen molar-refractivity contribution in [2.45, 2.75) is 13.8 Å². The van der Waals surface area contributed by atoms with Crippen molar-refractivity contribution in [2.75, 3.05) is 13.2 Å². The molecule has 0 unspecified atom stereocenters. The van der Waals surface area contributed by atoms with Gasteiger partial charge in [-0.3, -0.25) is 4.79 Å². The van der Waals surface area contributed by atoms with E-state index in [1.54, 1.807) is 24.3 Å². The van der Waals surface area contributed by atoms with Crippen molar-refractivity contribution in [3.05, 3.63) is 58.1 Å². The first-order valence-electron chi connectivity index (χ1n) is 7.98. The Morgan fingerprint density at radius 1 is 1.35 bits per heavy atom. The summed E-state index contributed by atoms with van der Waals surface area (Å²) in [5.41, 5.74) is 4.58. The molecule has 26 heavy (non-hydrogen) atoms. The highest BCUT2D eigenvalue weighted by Crippen LogP contribution is 2.36. The first-order chi connectivity index (χ1) is 12.6. The van der Waals surface area contributed by atoms with Gasteiger partial charge in [0.25, 0.3) is 5.91 Å². The number of nitrogens with zero attached hydrogens (tertiary/aromatic N) is 1. The highest BCUT2D eigenvalue weighted by molar-refractivity contribution is 6.32. The van der Waals surface area contributed by atoms with Gasteiger partial charge in [0.2, 0.25) is 0 Å². The molecule has 0 aliphatic carbocycles. The summed E-state index contributed by atoms with van der Waals surface area (Å²) in [5, 5.41) is 4.33. The number of halogens is 1. The molecule has 0 radical (unpaired) electrons. The number of rotatable bonds is 7. The lowest BCUT2D eigenvalue weighted by atomic mass is 10.1. The molecular formula is C20H19ClN2O3. The van der Waals surface area contributed by atoms with Gasteiger partial charge in [0.1, 0.15) is 6.61 Å². The van der Waals surface area contributed by atoms with Crippen molar-refractivity contribution in [1.29, 1.82) is 0 Å². The van der Waals surface area contributed by atoms with Crippen LogP contribution >= 0.6 is 11.6 Å². The minimum Gasteiger partial charge on any atom is -0.490 e. The average molecular weight is 371 g/mol. The van der Waals surface area contributed by atoms with Crippen LogP contribution in [-0.2, 0) is 0 Å². The van der Waals surface area contributed by atoms with Gasteiger partial charge in [-0.05, 0) is 43.2 Å². The van der Waals surface area contributed by atoms with Crippen LogP contribution in [0.3, 0.4) is 0 Å². The first kappa shape index (κ1) is 19.4. The normalized spacial score (nSPS) is 10.4. The summed E-state index contributed by atoms with van der Waals surface area (Å²) in [6, 6.07) is 10.6. The molecule has 0 aliphatic rings. The van der Waals surface area contributed by atoms with Gasteiger partial charge in [0.05, 0.1) is 17.8 Å². The van der Waals surface area contributed by atoms with E-state index in [0.717, 1.165) is 5.56 Å². The number of benzene rings is 2. The predicted molar refractivity (Wildman–Crippen MR) is 103 cm³/mol. The van der Waals surface area contributed by atoms with Crippen LogP contribution in [-0.4, -0.2) is 25.3 Å². The molecule has 1 amide bonds. The third-order valence-corrected chi connectivity index (χ3v) is 3.68. The second kappa shape index (κ2) is 9.50. The number of amides is 1. The maximum Gasteiger partial charge on any atom is 0.271 e. The molecule has 2 aromatic carbocycles. The predicted octanol–water partition coefficient (Wildman–Crippen LogP) is 3.82. The van der Waals surface area contributed by atoms with Crippen LogP contribution in [0.4, 0.5) is 0 Å². The van der Waals surface area contributed by atoms with Crippen molar-refractivity contribution in [2.24, 2.45) is 5.10 Å². The van der Waals surface area contributed by atoms with Crippen LogP contribution < -0.4 is 14.9 Å². The zero-order chi connectivity index (χ0) is 18.9. The lowest BCUT2D eigenvalue weighted by Gasteiger charge is -2.12. The van der Waals surface area contributed by atoms with E-state index < -0.39 is 0 Å². The molecule has 0 fully saturated rings. The van der Waals surface area contributed by atoms with Gasteiger partial charge in [0, 0.05) is 5.56 Å². The number of carbonyl (C=O) groups excluding carboxylic acids is 1. The number of terminal acetylenes is 1.